The van der Waals surface area contributed by atoms with Crippen LogP contribution >= 0.6 is 11.6 Å². The second kappa shape index (κ2) is 4.98. The quantitative estimate of drug-likeness (QED) is 0.631. The standard InChI is InChI=1S/C10H15ClN4/c1-4-15(5-7(2)3)10-8(12)9(11)13-6-14-10/h6H,2,4-5,12H2,1,3H3. The van der Waals surface area contributed by atoms with E-state index in [-0.39, 0.29) is 0 Å². The molecule has 1 rings (SSSR count). The number of aromatic nitrogens is 2. The first-order valence-electron chi connectivity index (χ1n) is 4.71. The second-order valence-corrected chi connectivity index (χ2v) is 3.73. The van der Waals surface area contributed by atoms with Crippen LogP contribution < -0.4 is 10.6 Å². The number of nitrogens with zero attached hydrogens (tertiary/aromatic N) is 3. The van der Waals surface area contributed by atoms with E-state index in [0.717, 1.165) is 12.1 Å². The second-order valence-electron chi connectivity index (χ2n) is 3.37. The van der Waals surface area contributed by atoms with E-state index >= 15 is 0 Å². The van der Waals surface area contributed by atoms with E-state index in [1.54, 1.807) is 0 Å². The molecule has 0 saturated carbocycles. The Morgan fingerprint density at radius 1 is 1.60 bits per heavy atom. The lowest BCUT2D eigenvalue weighted by Crippen LogP contribution is -2.26. The average molecular weight is 227 g/mol. The van der Waals surface area contributed by atoms with Gasteiger partial charge < -0.3 is 10.6 Å². The number of rotatable bonds is 4. The monoisotopic (exact) mass is 226 g/mol. The van der Waals surface area contributed by atoms with E-state index in [2.05, 4.69) is 16.5 Å². The van der Waals surface area contributed by atoms with Crippen molar-refractivity contribution in [3.63, 3.8) is 0 Å². The van der Waals surface area contributed by atoms with Crippen LogP contribution in [0.3, 0.4) is 0 Å². The minimum absolute atomic E-state index is 0.292. The first kappa shape index (κ1) is 11.8. The molecule has 0 atom stereocenters. The van der Waals surface area contributed by atoms with Crippen LogP contribution in [0, 0.1) is 0 Å². The van der Waals surface area contributed by atoms with Crippen molar-refractivity contribution in [2.45, 2.75) is 13.8 Å². The molecule has 4 nitrogen and oxygen atoms in total. The molecule has 0 bridgehead atoms. The Morgan fingerprint density at radius 2 is 2.27 bits per heavy atom. The summed E-state index contributed by atoms with van der Waals surface area (Å²) >= 11 is 5.83. The van der Waals surface area contributed by atoms with Crippen LogP contribution in [0.15, 0.2) is 18.5 Å². The molecule has 0 aliphatic carbocycles. The molecule has 2 N–H and O–H groups in total. The van der Waals surface area contributed by atoms with Crippen molar-refractivity contribution in [2.75, 3.05) is 23.7 Å². The maximum absolute atomic E-state index is 5.83. The minimum Gasteiger partial charge on any atom is -0.393 e. The van der Waals surface area contributed by atoms with E-state index < -0.39 is 0 Å². The third-order valence-electron chi connectivity index (χ3n) is 1.96. The number of nitrogen functional groups attached to an aromatic ring is 1. The highest BCUT2D eigenvalue weighted by Crippen LogP contribution is 2.25. The topological polar surface area (TPSA) is 55.0 Å². The molecule has 0 aliphatic rings. The Kier molecular flexibility index (Phi) is 3.91. The molecule has 0 aliphatic heterocycles. The summed E-state index contributed by atoms with van der Waals surface area (Å²) < 4.78 is 0. The smallest absolute Gasteiger partial charge is 0.157 e. The highest BCUT2D eigenvalue weighted by molar-refractivity contribution is 6.32. The van der Waals surface area contributed by atoms with Gasteiger partial charge >= 0.3 is 0 Å². The maximum Gasteiger partial charge on any atom is 0.157 e. The summed E-state index contributed by atoms with van der Waals surface area (Å²) in [5.41, 5.74) is 7.27. The van der Waals surface area contributed by atoms with Gasteiger partial charge in [0.15, 0.2) is 11.0 Å². The highest BCUT2D eigenvalue weighted by Gasteiger charge is 2.12. The van der Waals surface area contributed by atoms with Crippen molar-refractivity contribution >= 4 is 23.1 Å². The lowest BCUT2D eigenvalue weighted by Gasteiger charge is -2.23. The van der Waals surface area contributed by atoms with Gasteiger partial charge in [0.05, 0.1) is 0 Å². The first-order valence-corrected chi connectivity index (χ1v) is 5.09. The molecule has 1 aromatic heterocycles. The van der Waals surface area contributed by atoms with E-state index in [4.69, 9.17) is 17.3 Å². The van der Waals surface area contributed by atoms with Crippen LogP contribution in [0.4, 0.5) is 11.5 Å². The van der Waals surface area contributed by atoms with Gasteiger partial charge in [-0.15, -0.1) is 0 Å². The molecule has 5 heteroatoms. The van der Waals surface area contributed by atoms with Crippen molar-refractivity contribution in [3.8, 4) is 0 Å². The van der Waals surface area contributed by atoms with Gasteiger partial charge in [-0.1, -0.05) is 23.8 Å². The number of halogens is 1. The van der Waals surface area contributed by atoms with Crippen molar-refractivity contribution in [1.29, 1.82) is 0 Å². The number of hydrogen-bond donors (Lipinski definition) is 1. The number of anilines is 2. The fraction of sp³-hybridized carbons (Fsp3) is 0.400. The molecule has 0 radical (unpaired) electrons. The van der Waals surface area contributed by atoms with Gasteiger partial charge in [0.25, 0.3) is 0 Å². The summed E-state index contributed by atoms with van der Waals surface area (Å²) in [5, 5.41) is 0.292. The summed E-state index contributed by atoms with van der Waals surface area (Å²) in [6.07, 6.45) is 1.41. The summed E-state index contributed by atoms with van der Waals surface area (Å²) in [6, 6.07) is 0. The Morgan fingerprint density at radius 3 is 2.80 bits per heavy atom. The SMILES string of the molecule is C=C(C)CN(CC)c1ncnc(Cl)c1N. The zero-order valence-corrected chi connectivity index (χ0v) is 9.75. The Balaban J connectivity index is 3.01. The summed E-state index contributed by atoms with van der Waals surface area (Å²) in [5.74, 6) is 0.667. The van der Waals surface area contributed by atoms with Crippen LogP contribution in [0.2, 0.25) is 5.15 Å². The maximum atomic E-state index is 5.83. The van der Waals surface area contributed by atoms with Crippen molar-refractivity contribution in [1.82, 2.24) is 9.97 Å². The van der Waals surface area contributed by atoms with Crippen LogP contribution in [0.1, 0.15) is 13.8 Å². The zero-order valence-electron chi connectivity index (χ0n) is 9.00. The fourth-order valence-corrected chi connectivity index (χ4v) is 1.41. The third-order valence-corrected chi connectivity index (χ3v) is 2.26. The summed E-state index contributed by atoms with van der Waals surface area (Å²) in [6.45, 7) is 9.36. The molecule has 82 valence electrons. The van der Waals surface area contributed by atoms with Crippen LogP contribution in [-0.4, -0.2) is 23.1 Å². The highest BCUT2D eigenvalue weighted by atomic mass is 35.5. The molecule has 0 saturated heterocycles. The molecule has 1 heterocycles. The van der Waals surface area contributed by atoms with Gasteiger partial charge in [-0.3, -0.25) is 0 Å². The van der Waals surface area contributed by atoms with Crippen molar-refractivity contribution < 1.29 is 0 Å². The van der Waals surface area contributed by atoms with Gasteiger partial charge in [0, 0.05) is 13.1 Å². The van der Waals surface area contributed by atoms with E-state index in [1.807, 2.05) is 18.7 Å². The molecule has 1 aromatic rings. The van der Waals surface area contributed by atoms with Gasteiger partial charge in [-0.05, 0) is 13.8 Å². The Bertz CT molecular complexity index is 364. The average Bonchev–Trinajstić information content (AvgIpc) is 2.19. The molecule has 0 fully saturated rings. The van der Waals surface area contributed by atoms with Crippen LogP contribution in [-0.2, 0) is 0 Å². The van der Waals surface area contributed by atoms with Gasteiger partial charge in [0.2, 0.25) is 0 Å². The minimum atomic E-state index is 0.292. The predicted octanol–water partition coefficient (Wildman–Crippen LogP) is 2.11. The molecule has 0 spiro atoms. The van der Waals surface area contributed by atoms with Crippen molar-refractivity contribution in [2.24, 2.45) is 0 Å². The van der Waals surface area contributed by atoms with Gasteiger partial charge in [-0.25, -0.2) is 9.97 Å². The van der Waals surface area contributed by atoms with E-state index in [9.17, 15) is 0 Å². The van der Waals surface area contributed by atoms with Crippen LogP contribution in [0.25, 0.3) is 0 Å². The molecule has 0 aromatic carbocycles. The predicted molar refractivity (Wildman–Crippen MR) is 64.2 cm³/mol. The van der Waals surface area contributed by atoms with E-state index in [0.29, 0.717) is 23.2 Å². The Hall–Kier alpha value is -1.29. The largest absolute Gasteiger partial charge is 0.393 e. The summed E-state index contributed by atoms with van der Waals surface area (Å²) in [4.78, 5) is 9.95. The fourth-order valence-electron chi connectivity index (χ4n) is 1.28. The summed E-state index contributed by atoms with van der Waals surface area (Å²) in [7, 11) is 0. The number of hydrogen-bond acceptors (Lipinski definition) is 4. The van der Waals surface area contributed by atoms with Gasteiger partial charge in [-0.2, -0.15) is 0 Å². The molecular formula is C10H15ClN4. The molecule has 0 amide bonds. The molecule has 0 unspecified atom stereocenters. The number of likely N-dealkylation sites (N-methyl/N-ethyl adjacent to an activating group) is 1. The van der Waals surface area contributed by atoms with E-state index in [1.165, 1.54) is 6.33 Å². The Labute approximate surface area is 94.8 Å². The van der Waals surface area contributed by atoms with Gasteiger partial charge in [0.1, 0.15) is 12.0 Å². The lowest BCUT2D eigenvalue weighted by atomic mass is 10.3. The first-order chi connectivity index (χ1) is 7.06. The molecular weight excluding hydrogens is 212 g/mol. The molecule has 15 heavy (non-hydrogen) atoms. The van der Waals surface area contributed by atoms with Crippen molar-refractivity contribution in [3.05, 3.63) is 23.6 Å². The third kappa shape index (κ3) is 2.83. The lowest BCUT2D eigenvalue weighted by molar-refractivity contribution is 0.856. The number of nitrogens with two attached hydrogens (primary N) is 1. The normalized spacial score (nSPS) is 10.1. The zero-order chi connectivity index (χ0) is 11.4. The van der Waals surface area contributed by atoms with Crippen LogP contribution in [0.5, 0.6) is 0 Å².